The summed E-state index contributed by atoms with van der Waals surface area (Å²) in [7, 11) is 6.27. The number of benzene rings is 1. The molecule has 3 aliphatic heterocycles. The van der Waals surface area contributed by atoms with E-state index in [4.69, 9.17) is 0 Å². The summed E-state index contributed by atoms with van der Waals surface area (Å²) in [6.45, 7) is 8.09. The number of hydrogen-bond acceptors (Lipinski definition) is 4. The molecular formula is C23H37N5. The Balaban J connectivity index is 1.36. The maximum Gasteiger partial charge on any atom is 0.109 e. The van der Waals surface area contributed by atoms with E-state index in [9.17, 15) is 0 Å². The van der Waals surface area contributed by atoms with Crippen LogP contribution in [0, 0.1) is 0 Å². The number of aliphatic imine (C=N–C) groups is 1. The number of anilines is 1. The molecule has 5 nitrogen and oxygen atoms in total. The van der Waals surface area contributed by atoms with Crippen LogP contribution in [0.3, 0.4) is 0 Å². The molecule has 0 aliphatic carbocycles. The highest BCUT2D eigenvalue weighted by Gasteiger charge is 2.42. The van der Waals surface area contributed by atoms with Crippen LogP contribution < -0.4 is 4.90 Å². The van der Waals surface area contributed by atoms with Crippen LogP contribution in [0.15, 0.2) is 29.3 Å². The van der Waals surface area contributed by atoms with Crippen molar-refractivity contribution in [1.29, 1.82) is 0 Å². The van der Waals surface area contributed by atoms with Crippen molar-refractivity contribution in [3.05, 3.63) is 29.8 Å². The SMILES string of the molecule is CN=C(C)N(C)N1CCC(N2CCC3(CCN(C)c4ccccc43)CC2)CC1. The van der Waals surface area contributed by atoms with Crippen LogP contribution >= 0.6 is 0 Å². The van der Waals surface area contributed by atoms with Crippen molar-refractivity contribution in [2.45, 2.75) is 50.5 Å². The van der Waals surface area contributed by atoms with E-state index in [0.717, 1.165) is 25.0 Å². The lowest BCUT2D eigenvalue weighted by Crippen LogP contribution is -2.54. The molecule has 2 saturated heterocycles. The molecule has 4 rings (SSSR count). The lowest BCUT2D eigenvalue weighted by atomic mass is 9.68. The van der Waals surface area contributed by atoms with Crippen molar-refractivity contribution in [1.82, 2.24) is 14.9 Å². The van der Waals surface area contributed by atoms with E-state index >= 15 is 0 Å². The van der Waals surface area contributed by atoms with Crippen molar-refractivity contribution in [2.75, 3.05) is 58.8 Å². The van der Waals surface area contributed by atoms with Crippen LogP contribution in [-0.2, 0) is 5.41 Å². The molecule has 0 amide bonds. The minimum Gasteiger partial charge on any atom is -0.374 e. The fourth-order valence-electron chi connectivity index (χ4n) is 5.60. The summed E-state index contributed by atoms with van der Waals surface area (Å²) in [5.74, 6) is 1.10. The highest BCUT2D eigenvalue weighted by molar-refractivity contribution is 5.78. The van der Waals surface area contributed by atoms with Gasteiger partial charge in [-0.1, -0.05) is 18.2 Å². The summed E-state index contributed by atoms with van der Waals surface area (Å²) in [5.41, 5.74) is 3.48. The average molecular weight is 384 g/mol. The third-order valence-corrected chi connectivity index (χ3v) is 7.74. The number of nitrogens with zero attached hydrogens (tertiary/aromatic N) is 5. The minimum atomic E-state index is 0.412. The summed E-state index contributed by atoms with van der Waals surface area (Å²) in [4.78, 5) is 9.57. The zero-order valence-electron chi connectivity index (χ0n) is 18.2. The second-order valence-corrected chi connectivity index (χ2v) is 8.98. The number of hydrogen-bond donors (Lipinski definition) is 0. The highest BCUT2D eigenvalue weighted by Crippen LogP contribution is 2.46. The molecule has 2 fully saturated rings. The third-order valence-electron chi connectivity index (χ3n) is 7.74. The van der Waals surface area contributed by atoms with Crippen LogP contribution in [0.2, 0.25) is 0 Å². The summed E-state index contributed by atoms with van der Waals surface area (Å²) in [6, 6.07) is 9.89. The van der Waals surface area contributed by atoms with Crippen molar-refractivity contribution in [3.8, 4) is 0 Å². The van der Waals surface area contributed by atoms with Gasteiger partial charge in [-0.2, -0.15) is 0 Å². The number of para-hydroxylation sites is 1. The molecule has 0 aromatic heterocycles. The second-order valence-electron chi connectivity index (χ2n) is 8.98. The number of piperidine rings is 2. The Labute approximate surface area is 171 Å². The number of hydrazine groups is 1. The van der Waals surface area contributed by atoms with Gasteiger partial charge in [0.1, 0.15) is 5.84 Å². The van der Waals surface area contributed by atoms with Crippen LogP contribution in [0.25, 0.3) is 0 Å². The zero-order chi connectivity index (χ0) is 19.7. The van der Waals surface area contributed by atoms with E-state index in [1.54, 1.807) is 5.56 Å². The lowest BCUT2D eigenvalue weighted by molar-refractivity contribution is 0.00142. The topological polar surface area (TPSA) is 25.3 Å². The molecule has 0 unspecified atom stereocenters. The largest absolute Gasteiger partial charge is 0.374 e. The molecule has 0 atom stereocenters. The van der Waals surface area contributed by atoms with Crippen molar-refractivity contribution in [2.24, 2.45) is 4.99 Å². The highest BCUT2D eigenvalue weighted by atomic mass is 15.6. The molecule has 0 saturated carbocycles. The predicted molar refractivity (Wildman–Crippen MR) is 118 cm³/mol. The predicted octanol–water partition coefficient (Wildman–Crippen LogP) is 3.22. The molecular weight excluding hydrogens is 346 g/mol. The van der Waals surface area contributed by atoms with E-state index < -0.39 is 0 Å². The van der Waals surface area contributed by atoms with Gasteiger partial charge >= 0.3 is 0 Å². The molecule has 0 N–H and O–H groups in total. The summed E-state index contributed by atoms with van der Waals surface area (Å²) in [6.07, 6.45) is 6.49. The fraction of sp³-hybridized carbons (Fsp3) is 0.696. The number of amidine groups is 1. The zero-order valence-corrected chi connectivity index (χ0v) is 18.2. The quantitative estimate of drug-likeness (QED) is 0.578. The minimum absolute atomic E-state index is 0.412. The van der Waals surface area contributed by atoms with Gasteiger partial charge in [-0.25, -0.2) is 5.01 Å². The molecule has 28 heavy (non-hydrogen) atoms. The number of likely N-dealkylation sites (tertiary alicyclic amines) is 1. The molecule has 5 heteroatoms. The maximum atomic E-state index is 4.33. The average Bonchev–Trinajstić information content (AvgIpc) is 2.76. The first kappa shape index (κ1) is 19.7. The Morgan fingerprint density at radius 3 is 2.36 bits per heavy atom. The summed E-state index contributed by atoms with van der Waals surface area (Å²) < 4.78 is 0. The molecule has 1 aromatic rings. The van der Waals surface area contributed by atoms with Gasteiger partial charge in [0.15, 0.2) is 0 Å². The molecule has 154 valence electrons. The smallest absolute Gasteiger partial charge is 0.109 e. The Morgan fingerprint density at radius 1 is 1.04 bits per heavy atom. The monoisotopic (exact) mass is 383 g/mol. The van der Waals surface area contributed by atoms with E-state index in [2.05, 4.69) is 70.1 Å². The van der Waals surface area contributed by atoms with Crippen LogP contribution in [0.5, 0.6) is 0 Å². The van der Waals surface area contributed by atoms with Gasteiger partial charge < -0.3 is 9.80 Å². The Bertz CT molecular complexity index is 699. The van der Waals surface area contributed by atoms with E-state index in [1.807, 2.05) is 7.05 Å². The summed E-state index contributed by atoms with van der Waals surface area (Å²) in [5, 5.41) is 4.69. The van der Waals surface area contributed by atoms with Gasteiger partial charge in [0, 0.05) is 57.9 Å². The van der Waals surface area contributed by atoms with Gasteiger partial charge in [-0.15, -0.1) is 0 Å². The van der Waals surface area contributed by atoms with Gasteiger partial charge in [0.05, 0.1) is 0 Å². The Hall–Kier alpha value is -1.59. The molecule has 0 radical (unpaired) electrons. The third kappa shape index (κ3) is 3.55. The first-order valence-electron chi connectivity index (χ1n) is 11.0. The van der Waals surface area contributed by atoms with Gasteiger partial charge in [0.2, 0.25) is 0 Å². The Kier molecular flexibility index (Phi) is 5.66. The van der Waals surface area contributed by atoms with Crippen LogP contribution in [-0.4, -0.2) is 80.7 Å². The normalized spacial score (nSPS) is 24.4. The first-order valence-corrected chi connectivity index (χ1v) is 11.0. The maximum absolute atomic E-state index is 4.33. The molecule has 1 aromatic carbocycles. The van der Waals surface area contributed by atoms with E-state index in [-0.39, 0.29) is 0 Å². The van der Waals surface area contributed by atoms with Crippen molar-refractivity contribution >= 4 is 11.5 Å². The van der Waals surface area contributed by atoms with Gasteiger partial charge in [-0.3, -0.25) is 10.0 Å². The molecule has 3 aliphatic rings. The van der Waals surface area contributed by atoms with E-state index in [0.29, 0.717) is 5.41 Å². The molecule has 0 bridgehead atoms. The number of fused-ring (bicyclic) bond motifs is 2. The molecule has 3 heterocycles. The van der Waals surface area contributed by atoms with Crippen LogP contribution in [0.4, 0.5) is 5.69 Å². The van der Waals surface area contributed by atoms with Crippen LogP contribution in [0.1, 0.15) is 44.6 Å². The Morgan fingerprint density at radius 2 is 1.68 bits per heavy atom. The lowest BCUT2D eigenvalue weighted by Gasteiger charge is -2.50. The standard InChI is InChI=1S/C23H37N5/c1-19(24-2)26(4)28-14-9-20(10-15-28)27-17-12-23(13-18-27)11-16-25(3)22-8-6-5-7-21(22)23/h5-8,20H,9-18H2,1-4H3. The van der Waals surface area contributed by atoms with Gasteiger partial charge in [0.25, 0.3) is 0 Å². The second kappa shape index (κ2) is 8.03. The number of rotatable bonds is 2. The fourth-order valence-corrected chi connectivity index (χ4v) is 5.60. The first-order chi connectivity index (χ1) is 13.5. The van der Waals surface area contributed by atoms with E-state index in [1.165, 1.54) is 57.4 Å². The van der Waals surface area contributed by atoms with Crippen molar-refractivity contribution < 1.29 is 0 Å². The molecule has 1 spiro atoms. The summed E-state index contributed by atoms with van der Waals surface area (Å²) >= 11 is 0. The van der Waals surface area contributed by atoms with Crippen molar-refractivity contribution in [3.63, 3.8) is 0 Å². The van der Waals surface area contributed by atoms with Gasteiger partial charge in [-0.05, 0) is 63.7 Å².